The second-order valence-corrected chi connectivity index (χ2v) is 3.67. The summed E-state index contributed by atoms with van der Waals surface area (Å²) >= 11 is 0. The average Bonchev–Trinajstić information content (AvgIpc) is 2.29. The van der Waals surface area contributed by atoms with Crippen molar-refractivity contribution in [3.63, 3.8) is 0 Å². The summed E-state index contributed by atoms with van der Waals surface area (Å²) in [6, 6.07) is 1.74. The predicted molar refractivity (Wildman–Crippen MR) is 62.8 cm³/mol. The van der Waals surface area contributed by atoms with Crippen molar-refractivity contribution in [3.05, 3.63) is 24.0 Å². The zero-order chi connectivity index (χ0) is 12.0. The van der Waals surface area contributed by atoms with Gasteiger partial charge in [0.15, 0.2) is 5.78 Å². The molecule has 1 N–H and O–H groups in total. The third kappa shape index (κ3) is 3.31. The molecule has 16 heavy (non-hydrogen) atoms. The van der Waals surface area contributed by atoms with Crippen molar-refractivity contribution in [2.75, 3.05) is 20.2 Å². The number of ether oxygens (including phenoxy) is 1. The van der Waals surface area contributed by atoms with Crippen molar-refractivity contribution < 1.29 is 9.53 Å². The third-order valence-electron chi connectivity index (χ3n) is 2.27. The van der Waals surface area contributed by atoms with Gasteiger partial charge in [-0.2, -0.15) is 0 Å². The zero-order valence-electron chi connectivity index (χ0n) is 9.99. The predicted octanol–water partition coefficient (Wildman–Crippen LogP) is 1.52. The van der Waals surface area contributed by atoms with Gasteiger partial charge < -0.3 is 10.1 Å². The zero-order valence-corrected chi connectivity index (χ0v) is 9.99. The number of nitrogens with zero attached hydrogens (tertiary/aromatic N) is 1. The minimum atomic E-state index is -0.0522. The SMILES string of the molecule is CCOc1cncc(C(=O)C(C)CNC)c1. The van der Waals surface area contributed by atoms with Gasteiger partial charge >= 0.3 is 0 Å². The Hall–Kier alpha value is -1.42. The summed E-state index contributed by atoms with van der Waals surface area (Å²) in [5, 5.41) is 2.99. The number of aromatic nitrogens is 1. The lowest BCUT2D eigenvalue weighted by Gasteiger charge is -2.10. The van der Waals surface area contributed by atoms with Crippen LogP contribution in [0.1, 0.15) is 24.2 Å². The maximum Gasteiger partial charge on any atom is 0.168 e. The Labute approximate surface area is 96.0 Å². The molecule has 0 saturated carbocycles. The highest BCUT2D eigenvalue weighted by Gasteiger charge is 2.15. The van der Waals surface area contributed by atoms with Gasteiger partial charge in [-0.1, -0.05) is 6.92 Å². The van der Waals surface area contributed by atoms with Crippen LogP contribution in [0.3, 0.4) is 0 Å². The quantitative estimate of drug-likeness (QED) is 0.741. The van der Waals surface area contributed by atoms with Gasteiger partial charge in [0.05, 0.1) is 12.8 Å². The smallest absolute Gasteiger partial charge is 0.168 e. The normalized spacial score (nSPS) is 12.2. The molecule has 0 fully saturated rings. The first-order chi connectivity index (χ1) is 7.69. The van der Waals surface area contributed by atoms with Crippen molar-refractivity contribution in [2.24, 2.45) is 5.92 Å². The molecule has 1 aromatic rings. The highest BCUT2D eigenvalue weighted by Crippen LogP contribution is 2.14. The van der Waals surface area contributed by atoms with Gasteiger partial charge in [0.2, 0.25) is 0 Å². The number of carbonyl (C=O) groups is 1. The first-order valence-electron chi connectivity index (χ1n) is 5.45. The Kier molecular flexibility index (Phi) is 4.92. The van der Waals surface area contributed by atoms with Crippen LogP contribution in [0, 0.1) is 5.92 Å². The summed E-state index contributed by atoms with van der Waals surface area (Å²) in [4.78, 5) is 16.0. The molecular weight excluding hydrogens is 204 g/mol. The molecule has 1 atom stereocenters. The number of pyridine rings is 1. The summed E-state index contributed by atoms with van der Waals surface area (Å²) in [6.45, 7) is 5.04. The fourth-order valence-corrected chi connectivity index (χ4v) is 1.48. The summed E-state index contributed by atoms with van der Waals surface area (Å²) in [5.41, 5.74) is 0.605. The Morgan fingerprint density at radius 2 is 2.31 bits per heavy atom. The summed E-state index contributed by atoms with van der Waals surface area (Å²) < 4.78 is 5.31. The molecule has 1 aromatic heterocycles. The Morgan fingerprint density at radius 1 is 1.56 bits per heavy atom. The van der Waals surface area contributed by atoms with Gasteiger partial charge in [-0.25, -0.2) is 0 Å². The standard InChI is InChI=1S/C12H18N2O2/c1-4-16-11-5-10(7-14-8-11)12(15)9(2)6-13-3/h5,7-9,13H,4,6H2,1-3H3. The first kappa shape index (κ1) is 12.6. The molecule has 0 amide bonds. The second-order valence-electron chi connectivity index (χ2n) is 3.67. The largest absolute Gasteiger partial charge is 0.492 e. The summed E-state index contributed by atoms with van der Waals surface area (Å²) in [7, 11) is 1.83. The fraction of sp³-hybridized carbons (Fsp3) is 0.500. The molecule has 0 bridgehead atoms. The van der Waals surface area contributed by atoms with E-state index in [-0.39, 0.29) is 11.7 Å². The van der Waals surface area contributed by atoms with Crippen LogP contribution in [0.25, 0.3) is 0 Å². The maximum atomic E-state index is 12.0. The minimum Gasteiger partial charge on any atom is -0.492 e. The third-order valence-corrected chi connectivity index (χ3v) is 2.27. The molecule has 0 saturated heterocycles. The van der Waals surface area contributed by atoms with Crippen molar-refractivity contribution >= 4 is 5.78 Å². The highest BCUT2D eigenvalue weighted by atomic mass is 16.5. The van der Waals surface area contributed by atoms with Crippen LogP contribution < -0.4 is 10.1 Å². The lowest BCUT2D eigenvalue weighted by atomic mass is 10.0. The average molecular weight is 222 g/mol. The molecule has 4 heteroatoms. The fourth-order valence-electron chi connectivity index (χ4n) is 1.48. The number of hydrogen-bond donors (Lipinski definition) is 1. The Morgan fingerprint density at radius 3 is 2.94 bits per heavy atom. The van der Waals surface area contributed by atoms with Crippen molar-refractivity contribution in [2.45, 2.75) is 13.8 Å². The molecule has 0 aromatic carbocycles. The number of hydrogen-bond acceptors (Lipinski definition) is 4. The van der Waals surface area contributed by atoms with Crippen molar-refractivity contribution in [1.29, 1.82) is 0 Å². The van der Waals surface area contributed by atoms with Gasteiger partial charge in [0.25, 0.3) is 0 Å². The van der Waals surface area contributed by atoms with Gasteiger partial charge in [0.1, 0.15) is 5.75 Å². The van der Waals surface area contributed by atoms with Gasteiger partial charge in [-0.3, -0.25) is 9.78 Å². The number of rotatable bonds is 6. The lowest BCUT2D eigenvalue weighted by molar-refractivity contribution is 0.0929. The number of Topliss-reactive ketones (excluding diaryl/α,β-unsaturated/α-hetero) is 1. The molecular formula is C12H18N2O2. The molecule has 88 valence electrons. The van der Waals surface area contributed by atoms with E-state index in [1.807, 2.05) is 20.9 Å². The van der Waals surface area contributed by atoms with Crippen LogP contribution >= 0.6 is 0 Å². The minimum absolute atomic E-state index is 0.0522. The number of carbonyl (C=O) groups excluding carboxylic acids is 1. The maximum absolute atomic E-state index is 12.0. The summed E-state index contributed by atoms with van der Waals surface area (Å²) in [5.74, 6) is 0.678. The van der Waals surface area contributed by atoms with Crippen LogP contribution in [-0.2, 0) is 0 Å². The second kappa shape index (κ2) is 6.23. The van der Waals surface area contributed by atoms with Crippen LogP contribution in [-0.4, -0.2) is 31.0 Å². The van der Waals surface area contributed by atoms with E-state index >= 15 is 0 Å². The van der Waals surface area contributed by atoms with Crippen molar-refractivity contribution in [1.82, 2.24) is 10.3 Å². The summed E-state index contributed by atoms with van der Waals surface area (Å²) in [6.07, 6.45) is 3.19. The molecule has 0 radical (unpaired) electrons. The Bertz CT molecular complexity index is 353. The van der Waals surface area contributed by atoms with E-state index in [1.54, 1.807) is 18.5 Å². The number of ketones is 1. The van der Waals surface area contributed by atoms with Crippen LogP contribution in [0.4, 0.5) is 0 Å². The topological polar surface area (TPSA) is 51.2 Å². The highest BCUT2D eigenvalue weighted by molar-refractivity contribution is 5.97. The Balaban J connectivity index is 2.78. The van der Waals surface area contributed by atoms with E-state index in [4.69, 9.17) is 4.74 Å². The number of nitrogens with one attached hydrogen (secondary N) is 1. The van der Waals surface area contributed by atoms with E-state index in [0.29, 0.717) is 24.5 Å². The molecule has 1 unspecified atom stereocenters. The van der Waals surface area contributed by atoms with Crippen LogP contribution in [0.15, 0.2) is 18.5 Å². The van der Waals surface area contributed by atoms with E-state index < -0.39 is 0 Å². The molecule has 0 aliphatic rings. The van der Waals surface area contributed by atoms with Gasteiger partial charge in [-0.15, -0.1) is 0 Å². The van der Waals surface area contributed by atoms with Gasteiger partial charge in [-0.05, 0) is 20.0 Å². The van der Waals surface area contributed by atoms with Crippen molar-refractivity contribution in [3.8, 4) is 5.75 Å². The molecule has 4 nitrogen and oxygen atoms in total. The monoisotopic (exact) mass is 222 g/mol. The van der Waals surface area contributed by atoms with E-state index in [2.05, 4.69) is 10.3 Å². The van der Waals surface area contributed by atoms with E-state index in [0.717, 1.165) is 0 Å². The van der Waals surface area contributed by atoms with E-state index in [9.17, 15) is 4.79 Å². The van der Waals surface area contributed by atoms with Crippen LogP contribution in [0.5, 0.6) is 5.75 Å². The van der Waals surface area contributed by atoms with Gasteiger partial charge in [0, 0.05) is 24.2 Å². The van der Waals surface area contributed by atoms with E-state index in [1.165, 1.54) is 0 Å². The first-order valence-corrected chi connectivity index (χ1v) is 5.45. The molecule has 0 spiro atoms. The molecule has 1 rings (SSSR count). The molecule has 0 aliphatic heterocycles. The molecule has 1 heterocycles. The lowest BCUT2D eigenvalue weighted by Crippen LogP contribution is -2.23. The van der Waals surface area contributed by atoms with Crippen LogP contribution in [0.2, 0.25) is 0 Å². The molecule has 0 aliphatic carbocycles.